The molecule has 4 aromatic rings. The van der Waals surface area contributed by atoms with E-state index >= 15 is 0 Å². The van der Waals surface area contributed by atoms with Gasteiger partial charge in [-0.2, -0.15) is 0 Å². The minimum Gasteiger partial charge on any atom is -0.487 e. The number of carbonyl (C=O) groups excluding carboxylic acids is 2. The van der Waals surface area contributed by atoms with Crippen molar-refractivity contribution in [3.63, 3.8) is 0 Å². The molecule has 35 heavy (non-hydrogen) atoms. The Hall–Kier alpha value is -4.17. The minimum atomic E-state index is -0.282. The van der Waals surface area contributed by atoms with Crippen molar-refractivity contribution in [2.45, 2.75) is 32.0 Å². The van der Waals surface area contributed by atoms with E-state index in [1.807, 2.05) is 65.3 Å². The molecule has 0 aliphatic carbocycles. The third-order valence-electron chi connectivity index (χ3n) is 6.16. The molecule has 0 spiro atoms. The number of ether oxygens (including phenoxy) is 1. The predicted molar refractivity (Wildman–Crippen MR) is 133 cm³/mol. The van der Waals surface area contributed by atoms with E-state index in [0.717, 1.165) is 36.3 Å². The molecule has 1 aliphatic heterocycles. The number of rotatable bonds is 8. The van der Waals surface area contributed by atoms with Crippen LogP contribution >= 0.6 is 0 Å². The summed E-state index contributed by atoms with van der Waals surface area (Å²) in [5, 5.41) is 2.96. The van der Waals surface area contributed by atoms with E-state index < -0.39 is 0 Å². The topological polar surface area (TPSA) is 102 Å². The molecule has 1 unspecified atom stereocenters. The quantitative estimate of drug-likeness (QED) is 0.410. The Kier molecular flexibility index (Phi) is 6.45. The predicted octanol–water partition coefficient (Wildman–Crippen LogP) is 3.62. The number of nitrogens with one attached hydrogen (secondary N) is 1. The zero-order chi connectivity index (χ0) is 24.2. The van der Waals surface area contributed by atoms with Crippen LogP contribution in [-0.2, 0) is 17.9 Å². The number of likely N-dealkylation sites (tertiary alicyclic amines) is 1. The van der Waals surface area contributed by atoms with Crippen molar-refractivity contribution in [3.05, 3.63) is 95.9 Å². The zero-order valence-corrected chi connectivity index (χ0v) is 19.3. The average Bonchev–Trinajstić information content (AvgIpc) is 3.50. The third-order valence-corrected chi connectivity index (χ3v) is 6.16. The van der Waals surface area contributed by atoms with Gasteiger partial charge >= 0.3 is 0 Å². The molecule has 0 bridgehead atoms. The van der Waals surface area contributed by atoms with Crippen LogP contribution < -0.4 is 15.8 Å². The van der Waals surface area contributed by atoms with E-state index in [0.29, 0.717) is 30.2 Å². The SMILES string of the molecule is NC(=O)C1CCCN1Cc1cccc(NC(=O)c2cccc(OCc3cn4ccccc4n3)c2)c1. The first kappa shape index (κ1) is 22.6. The molecule has 5 rings (SSSR count). The van der Waals surface area contributed by atoms with Gasteiger partial charge in [-0.15, -0.1) is 0 Å². The number of hydrogen-bond acceptors (Lipinski definition) is 5. The lowest BCUT2D eigenvalue weighted by Gasteiger charge is -2.22. The van der Waals surface area contributed by atoms with E-state index in [1.165, 1.54) is 0 Å². The van der Waals surface area contributed by atoms with Crippen LogP contribution in [0.1, 0.15) is 34.5 Å². The molecule has 1 atom stereocenters. The van der Waals surface area contributed by atoms with E-state index in [4.69, 9.17) is 10.5 Å². The van der Waals surface area contributed by atoms with Crippen LogP contribution in [0, 0.1) is 0 Å². The lowest BCUT2D eigenvalue weighted by atomic mass is 10.1. The number of primary amides is 1. The molecule has 3 N–H and O–H groups in total. The second-order valence-electron chi connectivity index (χ2n) is 8.70. The van der Waals surface area contributed by atoms with Crippen molar-refractivity contribution < 1.29 is 14.3 Å². The second kappa shape index (κ2) is 9.99. The maximum absolute atomic E-state index is 12.9. The number of amides is 2. The fraction of sp³-hybridized carbons (Fsp3) is 0.222. The number of carbonyl (C=O) groups is 2. The van der Waals surface area contributed by atoms with E-state index in [9.17, 15) is 9.59 Å². The molecular weight excluding hydrogens is 442 g/mol. The summed E-state index contributed by atoms with van der Waals surface area (Å²) < 4.78 is 7.83. The zero-order valence-electron chi connectivity index (χ0n) is 19.3. The lowest BCUT2D eigenvalue weighted by molar-refractivity contribution is -0.122. The van der Waals surface area contributed by atoms with Crippen molar-refractivity contribution in [3.8, 4) is 5.75 Å². The Bertz CT molecular complexity index is 1330. The van der Waals surface area contributed by atoms with Crippen LogP contribution in [0.25, 0.3) is 5.65 Å². The van der Waals surface area contributed by atoms with Gasteiger partial charge in [0.2, 0.25) is 5.91 Å². The summed E-state index contributed by atoms with van der Waals surface area (Å²) in [6.45, 7) is 1.76. The molecular formula is C27H27N5O3. The maximum atomic E-state index is 12.9. The minimum absolute atomic E-state index is 0.225. The molecule has 0 saturated carbocycles. The summed E-state index contributed by atoms with van der Waals surface area (Å²) in [7, 11) is 0. The maximum Gasteiger partial charge on any atom is 0.255 e. The Labute approximate surface area is 203 Å². The molecule has 8 nitrogen and oxygen atoms in total. The van der Waals surface area contributed by atoms with Gasteiger partial charge in [-0.1, -0.05) is 24.3 Å². The highest BCUT2D eigenvalue weighted by Crippen LogP contribution is 2.22. The highest BCUT2D eigenvalue weighted by molar-refractivity contribution is 6.04. The molecule has 8 heteroatoms. The van der Waals surface area contributed by atoms with Crippen molar-refractivity contribution in [1.82, 2.24) is 14.3 Å². The summed E-state index contributed by atoms with van der Waals surface area (Å²) in [6.07, 6.45) is 5.61. The summed E-state index contributed by atoms with van der Waals surface area (Å²) in [6, 6.07) is 20.3. The Morgan fingerprint density at radius 3 is 2.83 bits per heavy atom. The largest absolute Gasteiger partial charge is 0.487 e. The first-order valence-electron chi connectivity index (χ1n) is 11.6. The summed E-state index contributed by atoms with van der Waals surface area (Å²) in [4.78, 5) is 31.2. The van der Waals surface area contributed by atoms with Crippen LogP contribution in [0.2, 0.25) is 0 Å². The molecule has 2 aromatic carbocycles. The molecule has 3 heterocycles. The van der Waals surface area contributed by atoms with E-state index in [2.05, 4.69) is 15.2 Å². The first-order valence-corrected chi connectivity index (χ1v) is 11.6. The number of aromatic nitrogens is 2. The van der Waals surface area contributed by atoms with E-state index in [1.54, 1.807) is 18.2 Å². The normalized spacial score (nSPS) is 15.8. The van der Waals surface area contributed by atoms with Gasteiger partial charge in [-0.05, 0) is 67.4 Å². The number of anilines is 1. The second-order valence-corrected chi connectivity index (χ2v) is 8.70. The Morgan fingerprint density at radius 1 is 1.09 bits per heavy atom. The Balaban J connectivity index is 1.22. The smallest absolute Gasteiger partial charge is 0.255 e. The Morgan fingerprint density at radius 2 is 1.97 bits per heavy atom. The number of hydrogen-bond donors (Lipinski definition) is 2. The van der Waals surface area contributed by atoms with Gasteiger partial charge in [-0.25, -0.2) is 4.98 Å². The number of pyridine rings is 1. The highest BCUT2D eigenvalue weighted by Gasteiger charge is 2.28. The van der Waals surface area contributed by atoms with Crippen LogP contribution in [0.5, 0.6) is 5.75 Å². The van der Waals surface area contributed by atoms with Gasteiger partial charge in [0.1, 0.15) is 18.0 Å². The van der Waals surface area contributed by atoms with Gasteiger partial charge in [0.05, 0.1) is 11.7 Å². The van der Waals surface area contributed by atoms with Crippen molar-refractivity contribution >= 4 is 23.1 Å². The number of nitrogens with zero attached hydrogens (tertiary/aromatic N) is 3. The molecule has 2 amide bonds. The summed E-state index contributed by atoms with van der Waals surface area (Å²) >= 11 is 0. The number of fused-ring (bicyclic) bond motifs is 1. The van der Waals surface area contributed by atoms with Gasteiger partial charge in [0, 0.05) is 30.2 Å². The molecule has 2 aromatic heterocycles. The molecule has 178 valence electrons. The fourth-order valence-electron chi connectivity index (χ4n) is 4.46. The van der Waals surface area contributed by atoms with Crippen LogP contribution in [-0.4, -0.2) is 38.7 Å². The lowest BCUT2D eigenvalue weighted by Crippen LogP contribution is -2.39. The van der Waals surface area contributed by atoms with Gasteiger partial charge in [-0.3, -0.25) is 14.5 Å². The van der Waals surface area contributed by atoms with Gasteiger partial charge in [0.25, 0.3) is 5.91 Å². The van der Waals surface area contributed by atoms with Crippen molar-refractivity contribution in [2.24, 2.45) is 5.73 Å². The molecule has 0 radical (unpaired) electrons. The fourth-order valence-corrected chi connectivity index (χ4v) is 4.46. The molecule has 1 saturated heterocycles. The summed E-state index contributed by atoms with van der Waals surface area (Å²) in [5.74, 6) is 0.0849. The molecule has 1 fully saturated rings. The number of benzene rings is 2. The van der Waals surface area contributed by atoms with Crippen molar-refractivity contribution in [2.75, 3.05) is 11.9 Å². The summed E-state index contributed by atoms with van der Waals surface area (Å²) in [5.41, 5.74) is 9.40. The van der Waals surface area contributed by atoms with E-state index in [-0.39, 0.29) is 17.9 Å². The van der Waals surface area contributed by atoms with Crippen LogP contribution in [0.4, 0.5) is 5.69 Å². The number of imidazole rings is 1. The first-order chi connectivity index (χ1) is 17.0. The highest BCUT2D eigenvalue weighted by atomic mass is 16.5. The average molecular weight is 470 g/mol. The van der Waals surface area contributed by atoms with Crippen LogP contribution in [0.3, 0.4) is 0 Å². The molecule has 1 aliphatic rings. The standard InChI is InChI=1S/C27H27N5O3/c28-26(33)24-10-5-13-31(24)16-19-6-3-8-21(14-19)30-27(34)20-7-4-9-23(15-20)35-18-22-17-32-12-2-1-11-25(32)29-22/h1-4,6-9,11-12,14-15,17,24H,5,10,13,16,18H2,(H2,28,33)(H,30,34). The monoisotopic (exact) mass is 469 g/mol. The number of nitrogens with two attached hydrogens (primary N) is 1. The van der Waals surface area contributed by atoms with Crippen molar-refractivity contribution in [1.29, 1.82) is 0 Å². The van der Waals surface area contributed by atoms with Gasteiger partial charge < -0.3 is 20.2 Å². The third kappa shape index (κ3) is 5.33. The van der Waals surface area contributed by atoms with Gasteiger partial charge in [0.15, 0.2) is 0 Å². The van der Waals surface area contributed by atoms with Crippen LogP contribution in [0.15, 0.2) is 79.1 Å².